The number of carbonyl (C=O) groups is 1. The number of amides is 2. The van der Waals surface area contributed by atoms with E-state index in [0.717, 1.165) is 11.4 Å². The second-order valence-electron chi connectivity index (χ2n) is 6.48. The van der Waals surface area contributed by atoms with E-state index in [1.165, 1.54) is 0 Å². The highest BCUT2D eigenvalue weighted by Crippen LogP contribution is 2.27. The number of nitrogens with zero attached hydrogens (tertiary/aromatic N) is 2. The standard InChI is InChI=1S/C20H21ClN4O2/c1-14-11-12-25(24-14)18-10-6-5-9-17(18)23-19(26)22-13-20(2,27)15-7-3-4-8-16(15)21/h3-12,27H,13H2,1-2H3,(H2,22,23,26). The highest BCUT2D eigenvalue weighted by molar-refractivity contribution is 6.31. The number of aryl methyl sites for hydroxylation is 1. The first-order chi connectivity index (χ1) is 12.9. The van der Waals surface area contributed by atoms with Gasteiger partial charge in [-0.3, -0.25) is 0 Å². The third-order valence-electron chi connectivity index (χ3n) is 4.17. The van der Waals surface area contributed by atoms with Crippen LogP contribution in [0.1, 0.15) is 18.2 Å². The van der Waals surface area contributed by atoms with E-state index in [9.17, 15) is 9.90 Å². The van der Waals surface area contributed by atoms with Crippen molar-refractivity contribution >= 4 is 23.3 Å². The third kappa shape index (κ3) is 4.48. The minimum absolute atomic E-state index is 0.00557. The molecule has 0 fully saturated rings. The number of halogens is 1. The fourth-order valence-corrected chi connectivity index (χ4v) is 3.08. The maximum absolute atomic E-state index is 12.4. The molecule has 3 rings (SSSR count). The Labute approximate surface area is 162 Å². The summed E-state index contributed by atoms with van der Waals surface area (Å²) in [6.45, 7) is 3.51. The minimum Gasteiger partial charge on any atom is -0.384 e. The first-order valence-electron chi connectivity index (χ1n) is 8.51. The molecule has 0 spiro atoms. The molecule has 0 aliphatic heterocycles. The van der Waals surface area contributed by atoms with Gasteiger partial charge in [-0.15, -0.1) is 0 Å². The normalized spacial score (nSPS) is 13.0. The van der Waals surface area contributed by atoms with E-state index in [2.05, 4.69) is 15.7 Å². The summed E-state index contributed by atoms with van der Waals surface area (Å²) < 4.78 is 1.70. The second-order valence-corrected chi connectivity index (χ2v) is 6.89. The lowest BCUT2D eigenvalue weighted by Gasteiger charge is -2.25. The van der Waals surface area contributed by atoms with Crippen molar-refractivity contribution in [2.45, 2.75) is 19.4 Å². The second kappa shape index (κ2) is 7.82. The molecule has 7 heteroatoms. The fraction of sp³-hybridized carbons (Fsp3) is 0.200. The number of nitrogens with one attached hydrogen (secondary N) is 2. The molecule has 1 heterocycles. The molecule has 2 aromatic carbocycles. The van der Waals surface area contributed by atoms with Crippen molar-refractivity contribution in [3.63, 3.8) is 0 Å². The van der Waals surface area contributed by atoms with Crippen LogP contribution in [0.15, 0.2) is 60.8 Å². The molecule has 140 valence electrons. The Balaban J connectivity index is 1.69. The summed E-state index contributed by atoms with van der Waals surface area (Å²) in [5.74, 6) is 0. The molecule has 2 amide bonds. The topological polar surface area (TPSA) is 79.2 Å². The van der Waals surface area contributed by atoms with Crippen molar-refractivity contribution in [2.24, 2.45) is 0 Å². The molecule has 0 saturated heterocycles. The third-order valence-corrected chi connectivity index (χ3v) is 4.50. The van der Waals surface area contributed by atoms with Crippen molar-refractivity contribution in [1.29, 1.82) is 0 Å². The van der Waals surface area contributed by atoms with Crippen LogP contribution in [0, 0.1) is 6.92 Å². The maximum atomic E-state index is 12.4. The van der Waals surface area contributed by atoms with Gasteiger partial charge >= 0.3 is 6.03 Å². The van der Waals surface area contributed by atoms with Gasteiger partial charge in [0.05, 0.1) is 23.6 Å². The van der Waals surface area contributed by atoms with Crippen LogP contribution in [0.3, 0.4) is 0 Å². The monoisotopic (exact) mass is 384 g/mol. The number of carbonyl (C=O) groups excluding carboxylic acids is 1. The van der Waals surface area contributed by atoms with Gasteiger partial charge in [0.2, 0.25) is 0 Å². The first-order valence-corrected chi connectivity index (χ1v) is 8.88. The molecule has 0 bridgehead atoms. The molecule has 0 radical (unpaired) electrons. The minimum atomic E-state index is -1.30. The number of anilines is 1. The SMILES string of the molecule is Cc1ccn(-c2ccccc2NC(=O)NCC(C)(O)c2ccccc2Cl)n1. The van der Waals surface area contributed by atoms with Crippen LogP contribution in [0.25, 0.3) is 5.69 Å². The van der Waals surface area contributed by atoms with E-state index in [4.69, 9.17) is 11.6 Å². The van der Waals surface area contributed by atoms with Crippen molar-refractivity contribution in [3.8, 4) is 5.69 Å². The quantitative estimate of drug-likeness (QED) is 0.624. The van der Waals surface area contributed by atoms with E-state index >= 15 is 0 Å². The van der Waals surface area contributed by atoms with Gasteiger partial charge in [-0.2, -0.15) is 5.10 Å². The Bertz CT molecular complexity index is 952. The van der Waals surface area contributed by atoms with Crippen molar-refractivity contribution < 1.29 is 9.90 Å². The molecule has 6 nitrogen and oxygen atoms in total. The van der Waals surface area contributed by atoms with E-state index in [1.54, 1.807) is 41.9 Å². The molecule has 1 unspecified atom stereocenters. The van der Waals surface area contributed by atoms with Crippen LogP contribution in [-0.2, 0) is 5.60 Å². The van der Waals surface area contributed by atoms with Crippen molar-refractivity contribution in [1.82, 2.24) is 15.1 Å². The molecule has 1 aromatic heterocycles. The summed E-state index contributed by atoms with van der Waals surface area (Å²) in [5.41, 5.74) is 1.49. The van der Waals surface area contributed by atoms with Gasteiger partial charge in [-0.05, 0) is 38.1 Å². The molecular weight excluding hydrogens is 364 g/mol. The number of aliphatic hydroxyl groups is 1. The molecule has 0 aliphatic rings. The highest BCUT2D eigenvalue weighted by Gasteiger charge is 2.26. The van der Waals surface area contributed by atoms with Crippen LogP contribution >= 0.6 is 11.6 Å². The smallest absolute Gasteiger partial charge is 0.319 e. The van der Waals surface area contributed by atoms with E-state index in [1.807, 2.05) is 37.4 Å². The molecule has 1 atom stereocenters. The Kier molecular flexibility index (Phi) is 5.48. The van der Waals surface area contributed by atoms with Crippen LogP contribution in [-0.4, -0.2) is 27.5 Å². The van der Waals surface area contributed by atoms with Gasteiger partial charge in [-0.1, -0.05) is 41.9 Å². The molecule has 0 saturated carbocycles. The van der Waals surface area contributed by atoms with Crippen LogP contribution in [0.4, 0.5) is 10.5 Å². The van der Waals surface area contributed by atoms with Gasteiger partial charge in [-0.25, -0.2) is 9.48 Å². The number of urea groups is 1. The van der Waals surface area contributed by atoms with E-state index < -0.39 is 11.6 Å². The number of benzene rings is 2. The molecule has 3 aromatic rings. The van der Waals surface area contributed by atoms with Crippen LogP contribution in [0.2, 0.25) is 5.02 Å². The number of rotatable bonds is 5. The van der Waals surface area contributed by atoms with Gasteiger partial charge in [0.1, 0.15) is 5.60 Å². The van der Waals surface area contributed by atoms with Gasteiger partial charge in [0.25, 0.3) is 0 Å². The molecule has 0 aliphatic carbocycles. The van der Waals surface area contributed by atoms with Crippen LogP contribution in [0.5, 0.6) is 0 Å². The van der Waals surface area contributed by atoms with Gasteiger partial charge in [0, 0.05) is 16.8 Å². The highest BCUT2D eigenvalue weighted by atomic mass is 35.5. The van der Waals surface area contributed by atoms with Gasteiger partial charge < -0.3 is 15.7 Å². The lowest BCUT2D eigenvalue weighted by Crippen LogP contribution is -2.40. The van der Waals surface area contributed by atoms with E-state index in [0.29, 0.717) is 16.3 Å². The maximum Gasteiger partial charge on any atom is 0.319 e. The summed E-state index contributed by atoms with van der Waals surface area (Å²) in [6, 6.07) is 15.8. The van der Waals surface area contributed by atoms with E-state index in [-0.39, 0.29) is 6.54 Å². The number of aromatic nitrogens is 2. The summed E-state index contributed by atoms with van der Waals surface area (Å²) in [7, 11) is 0. The van der Waals surface area contributed by atoms with Crippen molar-refractivity contribution in [2.75, 3.05) is 11.9 Å². The zero-order chi connectivity index (χ0) is 19.4. The molecular formula is C20H21ClN4O2. The summed E-state index contributed by atoms with van der Waals surface area (Å²) >= 11 is 6.15. The Morgan fingerprint density at radius 1 is 1.19 bits per heavy atom. The lowest BCUT2D eigenvalue weighted by molar-refractivity contribution is 0.0601. The average Bonchev–Trinajstić information content (AvgIpc) is 3.07. The predicted octanol–water partition coefficient (Wildman–Crippen LogP) is 3.86. The number of hydrogen-bond acceptors (Lipinski definition) is 3. The summed E-state index contributed by atoms with van der Waals surface area (Å²) in [4.78, 5) is 12.4. The lowest BCUT2D eigenvalue weighted by atomic mass is 9.96. The Morgan fingerprint density at radius 2 is 1.89 bits per heavy atom. The predicted molar refractivity (Wildman–Crippen MR) is 106 cm³/mol. The van der Waals surface area contributed by atoms with Gasteiger partial charge in [0.15, 0.2) is 0 Å². The average molecular weight is 385 g/mol. The largest absolute Gasteiger partial charge is 0.384 e. The summed E-state index contributed by atoms with van der Waals surface area (Å²) in [5, 5.41) is 21.0. The van der Waals surface area contributed by atoms with Crippen LogP contribution < -0.4 is 10.6 Å². The molecule has 3 N–H and O–H groups in total. The number of para-hydroxylation sites is 2. The zero-order valence-corrected chi connectivity index (χ0v) is 15.9. The molecule has 27 heavy (non-hydrogen) atoms. The zero-order valence-electron chi connectivity index (χ0n) is 15.1. The Hall–Kier alpha value is -2.83. The summed E-state index contributed by atoms with van der Waals surface area (Å²) in [6.07, 6.45) is 1.83. The van der Waals surface area contributed by atoms with Crippen molar-refractivity contribution in [3.05, 3.63) is 77.1 Å². The number of hydrogen-bond donors (Lipinski definition) is 3. The first kappa shape index (κ1) is 18.9. The fourth-order valence-electron chi connectivity index (χ4n) is 2.74. The Morgan fingerprint density at radius 3 is 2.59 bits per heavy atom.